The summed E-state index contributed by atoms with van der Waals surface area (Å²) in [7, 11) is 0. The Labute approximate surface area is 93.3 Å². The number of rotatable bonds is 6. The third-order valence-electron chi connectivity index (χ3n) is 1.81. The first-order chi connectivity index (χ1) is 7.72. The fraction of sp³-hybridized carbons (Fsp3) is 0.273. The molecule has 0 aromatic heterocycles. The van der Waals surface area contributed by atoms with E-state index in [1.165, 1.54) is 0 Å². The van der Waals surface area contributed by atoms with E-state index in [0.717, 1.165) is 5.56 Å². The van der Waals surface area contributed by atoms with E-state index >= 15 is 0 Å². The number of aliphatic carboxylic acids is 1. The van der Waals surface area contributed by atoms with Gasteiger partial charge in [-0.1, -0.05) is 12.1 Å². The highest BCUT2D eigenvalue weighted by atomic mass is 16.5. The number of hydrogen-bond acceptors (Lipinski definition) is 4. The zero-order valence-corrected chi connectivity index (χ0v) is 8.64. The molecule has 0 saturated heterocycles. The molecule has 1 aromatic carbocycles. The lowest BCUT2D eigenvalue weighted by atomic mass is 10.2. The van der Waals surface area contributed by atoms with Crippen LogP contribution >= 0.6 is 0 Å². The zero-order valence-electron chi connectivity index (χ0n) is 8.64. The molecule has 0 unspecified atom stereocenters. The number of nitriles is 1. The van der Waals surface area contributed by atoms with Crippen molar-refractivity contribution < 1.29 is 14.6 Å². The largest absolute Gasteiger partial charge is 0.480 e. The predicted octanol–water partition coefficient (Wildman–Crippen LogP) is 0.763. The molecule has 5 nitrogen and oxygen atoms in total. The van der Waals surface area contributed by atoms with Crippen molar-refractivity contribution in [2.45, 2.75) is 6.54 Å². The van der Waals surface area contributed by atoms with E-state index in [4.69, 9.17) is 15.1 Å². The summed E-state index contributed by atoms with van der Waals surface area (Å²) in [6, 6.07) is 9.05. The minimum Gasteiger partial charge on any atom is -0.480 e. The summed E-state index contributed by atoms with van der Waals surface area (Å²) in [5, 5.41) is 19.6. The molecule has 1 aromatic rings. The van der Waals surface area contributed by atoms with E-state index < -0.39 is 5.97 Å². The number of benzene rings is 1. The lowest BCUT2D eigenvalue weighted by Gasteiger charge is -2.05. The summed E-state index contributed by atoms with van der Waals surface area (Å²) in [5.41, 5.74) is 0.914. The number of carboxylic acid groups (broad SMARTS) is 1. The topological polar surface area (TPSA) is 82.3 Å². The Kier molecular flexibility index (Phi) is 4.83. The van der Waals surface area contributed by atoms with E-state index in [-0.39, 0.29) is 13.2 Å². The number of nitrogens with zero attached hydrogens (tertiary/aromatic N) is 1. The Morgan fingerprint density at radius 2 is 2.38 bits per heavy atom. The van der Waals surface area contributed by atoms with Crippen molar-refractivity contribution in [1.82, 2.24) is 5.32 Å². The van der Waals surface area contributed by atoms with E-state index in [2.05, 4.69) is 5.32 Å². The molecule has 0 fully saturated rings. The van der Waals surface area contributed by atoms with Crippen LogP contribution in [0.5, 0.6) is 5.75 Å². The van der Waals surface area contributed by atoms with Gasteiger partial charge in [-0.05, 0) is 17.7 Å². The molecular weight excluding hydrogens is 208 g/mol. The molecule has 16 heavy (non-hydrogen) atoms. The fourth-order valence-corrected chi connectivity index (χ4v) is 1.17. The van der Waals surface area contributed by atoms with Crippen molar-refractivity contribution in [1.29, 1.82) is 5.26 Å². The first kappa shape index (κ1) is 12.0. The average molecular weight is 220 g/mol. The molecular formula is C11H12N2O3. The monoisotopic (exact) mass is 220 g/mol. The molecule has 0 amide bonds. The maximum absolute atomic E-state index is 10.3. The molecule has 0 aliphatic rings. The number of hydrogen-bond donors (Lipinski definition) is 2. The predicted molar refractivity (Wildman–Crippen MR) is 56.9 cm³/mol. The normalized spacial score (nSPS) is 9.44. The second kappa shape index (κ2) is 6.43. The van der Waals surface area contributed by atoms with E-state index in [0.29, 0.717) is 12.3 Å². The molecule has 0 aliphatic heterocycles. The van der Waals surface area contributed by atoms with Crippen LogP contribution in [0.15, 0.2) is 24.3 Å². The molecule has 0 bridgehead atoms. The van der Waals surface area contributed by atoms with Gasteiger partial charge in [0.05, 0.1) is 6.54 Å². The van der Waals surface area contributed by atoms with E-state index in [1.54, 1.807) is 18.2 Å². The van der Waals surface area contributed by atoms with Crippen LogP contribution in [0.2, 0.25) is 0 Å². The summed E-state index contributed by atoms with van der Waals surface area (Å²) in [5.74, 6) is -0.284. The molecule has 0 heterocycles. The van der Waals surface area contributed by atoms with Gasteiger partial charge in [0, 0.05) is 6.54 Å². The Balaban J connectivity index is 2.47. The van der Waals surface area contributed by atoms with Crippen molar-refractivity contribution in [3.05, 3.63) is 29.8 Å². The maximum atomic E-state index is 10.3. The van der Waals surface area contributed by atoms with E-state index in [1.807, 2.05) is 12.1 Å². The maximum Gasteiger partial charge on any atom is 0.317 e. The van der Waals surface area contributed by atoms with Gasteiger partial charge in [-0.2, -0.15) is 5.26 Å². The third-order valence-corrected chi connectivity index (χ3v) is 1.81. The Morgan fingerprint density at radius 3 is 3.06 bits per heavy atom. The van der Waals surface area contributed by atoms with E-state index in [9.17, 15) is 4.79 Å². The second-order valence-electron chi connectivity index (χ2n) is 3.09. The molecule has 2 N–H and O–H groups in total. The van der Waals surface area contributed by atoms with Crippen LogP contribution in [-0.2, 0) is 11.3 Å². The van der Waals surface area contributed by atoms with Gasteiger partial charge < -0.3 is 15.2 Å². The molecule has 84 valence electrons. The summed E-state index contributed by atoms with van der Waals surface area (Å²) >= 11 is 0. The highest BCUT2D eigenvalue weighted by Gasteiger charge is 1.98. The van der Waals surface area contributed by atoms with Gasteiger partial charge in [-0.25, -0.2) is 0 Å². The molecule has 0 spiro atoms. The SMILES string of the molecule is N#CCOc1cccc(CNCC(=O)O)c1. The summed E-state index contributed by atoms with van der Waals surface area (Å²) in [6.45, 7) is 0.380. The minimum absolute atomic E-state index is 0.00596. The van der Waals surface area contributed by atoms with Crippen LogP contribution in [0.4, 0.5) is 0 Å². The van der Waals surface area contributed by atoms with Gasteiger partial charge in [-0.15, -0.1) is 0 Å². The highest BCUT2D eigenvalue weighted by molar-refractivity contribution is 5.68. The third kappa shape index (κ3) is 4.44. The molecule has 0 radical (unpaired) electrons. The lowest BCUT2D eigenvalue weighted by molar-refractivity contribution is -0.135. The molecule has 0 atom stereocenters. The Hall–Kier alpha value is -2.06. The van der Waals surface area contributed by atoms with Crippen molar-refractivity contribution in [3.63, 3.8) is 0 Å². The number of ether oxygens (including phenoxy) is 1. The quantitative estimate of drug-likeness (QED) is 0.739. The van der Waals surface area contributed by atoms with Crippen LogP contribution in [0.1, 0.15) is 5.56 Å². The highest BCUT2D eigenvalue weighted by Crippen LogP contribution is 2.12. The number of carboxylic acids is 1. The Morgan fingerprint density at radius 1 is 1.56 bits per heavy atom. The molecule has 0 saturated carbocycles. The smallest absolute Gasteiger partial charge is 0.317 e. The van der Waals surface area contributed by atoms with Gasteiger partial charge in [0.15, 0.2) is 6.61 Å². The summed E-state index contributed by atoms with van der Waals surface area (Å²) in [6.07, 6.45) is 0. The first-order valence-corrected chi connectivity index (χ1v) is 4.73. The van der Waals surface area contributed by atoms with Crippen molar-refractivity contribution >= 4 is 5.97 Å². The van der Waals surface area contributed by atoms with Gasteiger partial charge in [0.25, 0.3) is 0 Å². The van der Waals surface area contributed by atoms with Crippen molar-refractivity contribution in [2.75, 3.05) is 13.2 Å². The molecule has 5 heteroatoms. The van der Waals surface area contributed by atoms with Crippen LogP contribution < -0.4 is 10.1 Å². The lowest BCUT2D eigenvalue weighted by Crippen LogP contribution is -2.21. The summed E-state index contributed by atoms with van der Waals surface area (Å²) in [4.78, 5) is 10.3. The standard InChI is InChI=1S/C11H12N2O3/c12-4-5-16-10-3-1-2-9(6-10)7-13-8-11(14)15/h1-3,6,13H,5,7-8H2,(H,14,15). The van der Waals surface area contributed by atoms with Crippen LogP contribution in [0.25, 0.3) is 0 Å². The number of carbonyl (C=O) groups is 1. The fourth-order valence-electron chi connectivity index (χ4n) is 1.17. The molecule has 0 aliphatic carbocycles. The summed E-state index contributed by atoms with van der Waals surface area (Å²) < 4.78 is 5.12. The first-order valence-electron chi connectivity index (χ1n) is 4.73. The molecule has 1 rings (SSSR count). The van der Waals surface area contributed by atoms with Crippen LogP contribution in [-0.4, -0.2) is 24.2 Å². The second-order valence-corrected chi connectivity index (χ2v) is 3.09. The number of nitrogens with one attached hydrogen (secondary N) is 1. The minimum atomic E-state index is -0.892. The van der Waals surface area contributed by atoms with Crippen LogP contribution in [0, 0.1) is 11.3 Å². The average Bonchev–Trinajstić information content (AvgIpc) is 2.26. The van der Waals surface area contributed by atoms with Gasteiger partial charge in [-0.3, -0.25) is 4.79 Å². The van der Waals surface area contributed by atoms with Gasteiger partial charge in [0.1, 0.15) is 11.8 Å². The van der Waals surface area contributed by atoms with Crippen molar-refractivity contribution in [3.8, 4) is 11.8 Å². The van der Waals surface area contributed by atoms with Crippen LogP contribution in [0.3, 0.4) is 0 Å². The van der Waals surface area contributed by atoms with Crippen molar-refractivity contribution in [2.24, 2.45) is 0 Å². The zero-order chi connectivity index (χ0) is 11.8. The Bertz CT molecular complexity index is 398. The van der Waals surface area contributed by atoms with Gasteiger partial charge in [0.2, 0.25) is 0 Å². The van der Waals surface area contributed by atoms with Gasteiger partial charge >= 0.3 is 5.97 Å².